The van der Waals surface area contributed by atoms with E-state index in [1.54, 1.807) is 0 Å². The maximum Gasteiger partial charge on any atom is 0.549 e. The topological polar surface area (TPSA) is 26.3 Å². The van der Waals surface area contributed by atoms with Crippen molar-refractivity contribution in [3.63, 3.8) is 0 Å². The molecule has 2 nitrogen and oxygen atoms in total. The highest BCUT2D eigenvalue weighted by molar-refractivity contribution is 7.48. The molecule has 98 valence electrons. The van der Waals surface area contributed by atoms with Crippen molar-refractivity contribution in [3.8, 4) is 0 Å². The summed E-state index contributed by atoms with van der Waals surface area (Å²) in [6, 6.07) is 13.5. The van der Waals surface area contributed by atoms with E-state index in [0.29, 0.717) is 6.61 Å². The molecule has 2 aromatic carbocycles. The molecule has 0 amide bonds. The molecule has 1 unspecified atom stereocenters. The lowest BCUT2D eigenvalue weighted by Gasteiger charge is -2.08. The van der Waals surface area contributed by atoms with Crippen molar-refractivity contribution in [2.45, 2.75) is 27.4 Å². The summed E-state index contributed by atoms with van der Waals surface area (Å²) in [6.45, 7) is 6.60. The Hall–Kier alpha value is -1.50. The van der Waals surface area contributed by atoms with Gasteiger partial charge in [-0.15, -0.1) is 4.52 Å². The van der Waals surface area contributed by atoms with Crippen molar-refractivity contribution in [1.82, 2.24) is 0 Å². The highest BCUT2D eigenvalue weighted by Crippen LogP contribution is 2.26. The standard InChI is InChI=1S/C16H18O2P/c1-12-9-13(2)16(14(3)10-12)11-18-19(17)15-7-5-4-6-8-15/h4-10H,11H2,1-3H3/q+1. The fourth-order valence-corrected chi connectivity index (χ4v) is 3.00. The molecular weight excluding hydrogens is 255 g/mol. The van der Waals surface area contributed by atoms with E-state index in [0.717, 1.165) is 10.9 Å². The first-order valence-corrected chi connectivity index (χ1v) is 7.47. The molecule has 0 saturated carbocycles. The summed E-state index contributed by atoms with van der Waals surface area (Å²) in [7, 11) is -1.78. The quantitative estimate of drug-likeness (QED) is 0.780. The second kappa shape index (κ2) is 6.10. The summed E-state index contributed by atoms with van der Waals surface area (Å²) in [5, 5.41) is 0.736. The molecule has 0 aliphatic carbocycles. The number of hydrogen-bond donors (Lipinski definition) is 0. The lowest BCUT2D eigenvalue weighted by atomic mass is 10.0. The van der Waals surface area contributed by atoms with Crippen LogP contribution in [0.2, 0.25) is 0 Å². The normalized spacial score (nSPS) is 11.4. The Kier molecular flexibility index (Phi) is 4.47. The van der Waals surface area contributed by atoms with Crippen molar-refractivity contribution < 1.29 is 9.09 Å². The Labute approximate surface area is 115 Å². The molecule has 3 heteroatoms. The third-order valence-electron chi connectivity index (χ3n) is 3.13. The predicted molar refractivity (Wildman–Crippen MR) is 79.1 cm³/mol. The fraction of sp³-hybridized carbons (Fsp3) is 0.250. The van der Waals surface area contributed by atoms with Gasteiger partial charge in [0.05, 0.1) is 0 Å². The van der Waals surface area contributed by atoms with Gasteiger partial charge < -0.3 is 0 Å². The van der Waals surface area contributed by atoms with E-state index >= 15 is 0 Å². The van der Waals surface area contributed by atoms with Crippen LogP contribution in [-0.2, 0) is 15.7 Å². The van der Waals surface area contributed by atoms with Crippen LogP contribution in [0.4, 0.5) is 0 Å². The van der Waals surface area contributed by atoms with E-state index in [2.05, 4.69) is 32.9 Å². The third kappa shape index (κ3) is 3.50. The van der Waals surface area contributed by atoms with E-state index in [1.165, 1.54) is 16.7 Å². The Morgan fingerprint density at radius 3 is 2.16 bits per heavy atom. The predicted octanol–water partition coefficient (Wildman–Crippen LogP) is 4.20. The van der Waals surface area contributed by atoms with Crippen LogP contribution in [0, 0.1) is 20.8 Å². The van der Waals surface area contributed by atoms with Crippen LogP contribution in [0.5, 0.6) is 0 Å². The highest BCUT2D eigenvalue weighted by atomic mass is 31.1. The SMILES string of the molecule is Cc1cc(C)c(CO[P+](=O)c2ccccc2)c(C)c1. The Morgan fingerprint density at radius 1 is 1.00 bits per heavy atom. The van der Waals surface area contributed by atoms with Gasteiger partial charge in [-0.3, -0.25) is 0 Å². The molecule has 0 radical (unpaired) electrons. The Bertz CT molecular complexity index is 568. The first kappa shape index (κ1) is 13.9. The largest absolute Gasteiger partial charge is 0.549 e. The minimum atomic E-state index is -1.78. The molecule has 2 aromatic rings. The molecule has 19 heavy (non-hydrogen) atoms. The summed E-state index contributed by atoms with van der Waals surface area (Å²) in [5.41, 5.74) is 4.75. The van der Waals surface area contributed by atoms with E-state index in [9.17, 15) is 4.57 Å². The molecule has 2 rings (SSSR count). The van der Waals surface area contributed by atoms with Crippen LogP contribution in [0.15, 0.2) is 42.5 Å². The van der Waals surface area contributed by atoms with Crippen molar-refractivity contribution in [3.05, 3.63) is 64.7 Å². The molecule has 0 aromatic heterocycles. The van der Waals surface area contributed by atoms with Crippen molar-refractivity contribution in [1.29, 1.82) is 0 Å². The molecule has 1 atom stereocenters. The average molecular weight is 273 g/mol. The highest BCUT2D eigenvalue weighted by Gasteiger charge is 2.22. The summed E-state index contributed by atoms with van der Waals surface area (Å²) >= 11 is 0. The summed E-state index contributed by atoms with van der Waals surface area (Å²) in [6.07, 6.45) is 0. The number of aryl methyl sites for hydroxylation is 3. The number of hydrogen-bond acceptors (Lipinski definition) is 2. The minimum Gasteiger partial charge on any atom is -0.137 e. The molecule has 0 saturated heterocycles. The van der Waals surface area contributed by atoms with Gasteiger partial charge in [-0.05, 0) is 54.2 Å². The summed E-state index contributed by atoms with van der Waals surface area (Å²) in [4.78, 5) is 0. The van der Waals surface area contributed by atoms with Gasteiger partial charge in [0, 0.05) is 0 Å². The Morgan fingerprint density at radius 2 is 1.58 bits per heavy atom. The average Bonchev–Trinajstić information content (AvgIpc) is 2.38. The van der Waals surface area contributed by atoms with E-state index in [4.69, 9.17) is 4.52 Å². The molecule has 0 aliphatic heterocycles. The maximum atomic E-state index is 12.0. The van der Waals surface area contributed by atoms with Gasteiger partial charge in [0.2, 0.25) is 5.30 Å². The summed E-state index contributed by atoms with van der Waals surface area (Å²) in [5.74, 6) is 0. The van der Waals surface area contributed by atoms with Gasteiger partial charge >= 0.3 is 8.03 Å². The van der Waals surface area contributed by atoms with E-state index in [-0.39, 0.29) is 0 Å². The molecule has 0 spiro atoms. The lowest BCUT2D eigenvalue weighted by molar-refractivity contribution is 0.323. The first-order valence-electron chi connectivity index (χ1n) is 6.30. The van der Waals surface area contributed by atoms with Crippen molar-refractivity contribution >= 4 is 13.3 Å². The fourth-order valence-electron chi connectivity index (χ4n) is 2.19. The van der Waals surface area contributed by atoms with Gasteiger partial charge in [-0.25, -0.2) is 0 Å². The molecule has 0 aliphatic rings. The van der Waals surface area contributed by atoms with E-state index in [1.807, 2.05) is 30.3 Å². The van der Waals surface area contributed by atoms with Gasteiger partial charge in [-0.1, -0.05) is 35.9 Å². The molecule has 0 heterocycles. The van der Waals surface area contributed by atoms with Crippen LogP contribution in [0.1, 0.15) is 22.3 Å². The van der Waals surface area contributed by atoms with Gasteiger partial charge in [0.15, 0.2) is 0 Å². The van der Waals surface area contributed by atoms with E-state index < -0.39 is 8.03 Å². The number of benzene rings is 2. The van der Waals surface area contributed by atoms with Crippen LogP contribution in [-0.4, -0.2) is 0 Å². The second-order valence-electron chi connectivity index (χ2n) is 4.74. The zero-order chi connectivity index (χ0) is 13.8. The number of rotatable bonds is 4. The van der Waals surface area contributed by atoms with Crippen molar-refractivity contribution in [2.75, 3.05) is 0 Å². The lowest BCUT2D eigenvalue weighted by Crippen LogP contribution is -2.00. The first-order chi connectivity index (χ1) is 9.08. The molecule has 0 fully saturated rings. The molecular formula is C16H18O2P+. The third-order valence-corrected chi connectivity index (χ3v) is 4.22. The van der Waals surface area contributed by atoms with Gasteiger partial charge in [-0.2, -0.15) is 0 Å². The smallest absolute Gasteiger partial charge is 0.137 e. The van der Waals surface area contributed by atoms with Crippen LogP contribution < -0.4 is 5.30 Å². The monoisotopic (exact) mass is 273 g/mol. The zero-order valence-electron chi connectivity index (χ0n) is 11.5. The second-order valence-corrected chi connectivity index (χ2v) is 6.03. The molecule has 0 bridgehead atoms. The molecule has 0 N–H and O–H groups in total. The van der Waals surface area contributed by atoms with Crippen LogP contribution >= 0.6 is 8.03 Å². The van der Waals surface area contributed by atoms with Gasteiger partial charge in [0.25, 0.3) is 0 Å². The minimum absolute atomic E-state index is 0.391. The summed E-state index contributed by atoms with van der Waals surface area (Å²) < 4.78 is 17.6. The van der Waals surface area contributed by atoms with Gasteiger partial charge in [0.1, 0.15) is 6.61 Å². The van der Waals surface area contributed by atoms with Crippen LogP contribution in [0.3, 0.4) is 0 Å². The maximum absolute atomic E-state index is 12.0. The zero-order valence-corrected chi connectivity index (χ0v) is 12.4. The van der Waals surface area contributed by atoms with Crippen LogP contribution in [0.25, 0.3) is 0 Å². The van der Waals surface area contributed by atoms with Crippen molar-refractivity contribution in [2.24, 2.45) is 0 Å². The Balaban J connectivity index is 2.10.